The lowest BCUT2D eigenvalue weighted by molar-refractivity contribution is 0.444. The molecule has 2 N–H and O–H groups in total. The van der Waals surface area contributed by atoms with E-state index in [1.807, 2.05) is 25.1 Å². The van der Waals surface area contributed by atoms with Crippen molar-refractivity contribution in [2.75, 3.05) is 0 Å². The summed E-state index contributed by atoms with van der Waals surface area (Å²) in [4.78, 5) is 18.7. The van der Waals surface area contributed by atoms with Gasteiger partial charge in [0.05, 0.1) is 5.56 Å². The van der Waals surface area contributed by atoms with E-state index in [1.54, 1.807) is 0 Å². The summed E-state index contributed by atoms with van der Waals surface area (Å²) in [5.74, 6) is 0.912. The van der Waals surface area contributed by atoms with E-state index >= 15 is 0 Å². The van der Waals surface area contributed by atoms with E-state index < -0.39 is 0 Å². The molecule has 4 heteroatoms. The summed E-state index contributed by atoms with van der Waals surface area (Å²) in [5, 5.41) is 9.79. The second-order valence-corrected chi connectivity index (χ2v) is 4.97. The van der Waals surface area contributed by atoms with Gasteiger partial charge in [-0.05, 0) is 36.8 Å². The molecule has 0 radical (unpaired) electrons. The standard InChI is InChI=1S/C15H16N2O2/c1-2-12-14(18)16-13(17-15(12)19)11-5-3-4-10(8-11)9-6-7-9/h3-5,8-9H,2,6-7H2,1H3,(H2,16,17,18,19). The van der Waals surface area contributed by atoms with Crippen LogP contribution in [0.5, 0.6) is 5.88 Å². The number of nitrogens with one attached hydrogen (secondary N) is 1. The van der Waals surface area contributed by atoms with E-state index in [1.165, 1.54) is 18.4 Å². The third-order valence-corrected chi connectivity index (χ3v) is 3.56. The van der Waals surface area contributed by atoms with Crippen LogP contribution in [0.15, 0.2) is 29.1 Å². The summed E-state index contributed by atoms with van der Waals surface area (Å²) in [6.45, 7) is 1.82. The van der Waals surface area contributed by atoms with Crippen LogP contribution in [0.2, 0.25) is 0 Å². The van der Waals surface area contributed by atoms with Gasteiger partial charge in [-0.3, -0.25) is 4.79 Å². The van der Waals surface area contributed by atoms with Crippen LogP contribution in [0.4, 0.5) is 0 Å². The molecule has 3 rings (SSSR count). The van der Waals surface area contributed by atoms with Gasteiger partial charge in [0.15, 0.2) is 0 Å². The first-order chi connectivity index (χ1) is 9.19. The summed E-state index contributed by atoms with van der Waals surface area (Å²) in [6, 6.07) is 8.00. The van der Waals surface area contributed by atoms with Gasteiger partial charge in [0.1, 0.15) is 5.82 Å². The second kappa shape index (κ2) is 4.53. The first-order valence-electron chi connectivity index (χ1n) is 6.61. The van der Waals surface area contributed by atoms with Crippen molar-refractivity contribution in [2.45, 2.75) is 32.1 Å². The smallest absolute Gasteiger partial charge is 0.258 e. The van der Waals surface area contributed by atoms with Crippen LogP contribution in [-0.2, 0) is 6.42 Å². The Kier molecular flexibility index (Phi) is 2.85. The molecule has 0 spiro atoms. The number of benzene rings is 1. The molecule has 1 aromatic carbocycles. The van der Waals surface area contributed by atoms with Crippen molar-refractivity contribution < 1.29 is 5.11 Å². The molecule has 0 amide bonds. The lowest BCUT2D eigenvalue weighted by atomic mass is 10.1. The highest BCUT2D eigenvalue weighted by Gasteiger charge is 2.23. The van der Waals surface area contributed by atoms with Crippen molar-refractivity contribution in [2.24, 2.45) is 0 Å². The van der Waals surface area contributed by atoms with Crippen molar-refractivity contribution in [1.82, 2.24) is 9.97 Å². The SMILES string of the molecule is CCc1c(O)nc(-c2cccc(C3CC3)c2)[nH]c1=O. The zero-order valence-corrected chi connectivity index (χ0v) is 10.8. The van der Waals surface area contributed by atoms with Gasteiger partial charge in [0.2, 0.25) is 5.88 Å². The molecule has 98 valence electrons. The van der Waals surface area contributed by atoms with Gasteiger partial charge in [-0.2, -0.15) is 4.98 Å². The third-order valence-electron chi connectivity index (χ3n) is 3.56. The molecule has 1 aromatic heterocycles. The van der Waals surface area contributed by atoms with Crippen LogP contribution in [0.3, 0.4) is 0 Å². The van der Waals surface area contributed by atoms with Crippen LogP contribution in [0.25, 0.3) is 11.4 Å². The second-order valence-electron chi connectivity index (χ2n) is 4.97. The van der Waals surface area contributed by atoms with E-state index in [9.17, 15) is 9.90 Å². The van der Waals surface area contributed by atoms with E-state index in [2.05, 4.69) is 16.0 Å². The zero-order chi connectivity index (χ0) is 13.4. The van der Waals surface area contributed by atoms with Gasteiger partial charge < -0.3 is 10.1 Å². The zero-order valence-electron chi connectivity index (χ0n) is 10.8. The van der Waals surface area contributed by atoms with Crippen molar-refractivity contribution in [1.29, 1.82) is 0 Å². The number of hydrogen-bond acceptors (Lipinski definition) is 3. The van der Waals surface area contributed by atoms with Gasteiger partial charge >= 0.3 is 0 Å². The molecular weight excluding hydrogens is 240 g/mol. The Hall–Kier alpha value is -2.10. The van der Waals surface area contributed by atoms with Crippen LogP contribution >= 0.6 is 0 Å². The van der Waals surface area contributed by atoms with Crippen LogP contribution in [-0.4, -0.2) is 15.1 Å². The van der Waals surface area contributed by atoms with Crippen LogP contribution in [0.1, 0.15) is 36.8 Å². The summed E-state index contributed by atoms with van der Waals surface area (Å²) >= 11 is 0. The fraction of sp³-hybridized carbons (Fsp3) is 0.333. The van der Waals surface area contributed by atoms with Gasteiger partial charge in [0.25, 0.3) is 5.56 Å². The molecule has 2 aromatic rings. The highest BCUT2D eigenvalue weighted by Crippen LogP contribution is 2.40. The molecule has 0 bridgehead atoms. The van der Waals surface area contributed by atoms with Crippen molar-refractivity contribution in [3.63, 3.8) is 0 Å². The lowest BCUT2D eigenvalue weighted by Crippen LogP contribution is -2.14. The summed E-state index contributed by atoms with van der Waals surface area (Å²) in [5.41, 5.74) is 2.20. The fourth-order valence-corrected chi connectivity index (χ4v) is 2.30. The Labute approximate surface area is 111 Å². The molecule has 0 atom stereocenters. The maximum Gasteiger partial charge on any atom is 0.258 e. The van der Waals surface area contributed by atoms with E-state index in [0.717, 1.165) is 5.56 Å². The molecule has 1 saturated carbocycles. The average molecular weight is 256 g/mol. The number of aromatic hydroxyl groups is 1. The molecule has 1 aliphatic carbocycles. The maximum atomic E-state index is 11.8. The molecule has 19 heavy (non-hydrogen) atoms. The monoisotopic (exact) mass is 256 g/mol. The molecule has 0 aliphatic heterocycles. The Bertz CT molecular complexity index is 672. The quantitative estimate of drug-likeness (QED) is 0.887. The minimum atomic E-state index is -0.262. The van der Waals surface area contributed by atoms with E-state index in [4.69, 9.17) is 0 Å². The first kappa shape index (κ1) is 12.0. The molecular formula is C15H16N2O2. The van der Waals surface area contributed by atoms with Crippen molar-refractivity contribution in [3.8, 4) is 17.3 Å². The van der Waals surface area contributed by atoms with E-state index in [0.29, 0.717) is 23.7 Å². The van der Waals surface area contributed by atoms with Crippen molar-refractivity contribution in [3.05, 3.63) is 45.7 Å². The summed E-state index contributed by atoms with van der Waals surface area (Å²) in [6.07, 6.45) is 2.93. The maximum absolute atomic E-state index is 11.8. The number of aromatic nitrogens is 2. The van der Waals surface area contributed by atoms with Gasteiger partial charge in [-0.1, -0.05) is 25.1 Å². The number of hydrogen-bond donors (Lipinski definition) is 2. The number of aromatic amines is 1. The van der Waals surface area contributed by atoms with Crippen LogP contribution < -0.4 is 5.56 Å². The Morgan fingerprint density at radius 2 is 2.21 bits per heavy atom. The van der Waals surface area contributed by atoms with Gasteiger partial charge in [-0.15, -0.1) is 0 Å². The van der Waals surface area contributed by atoms with E-state index in [-0.39, 0.29) is 11.4 Å². The largest absolute Gasteiger partial charge is 0.493 e. The minimum absolute atomic E-state index is 0.168. The highest BCUT2D eigenvalue weighted by atomic mass is 16.3. The fourth-order valence-electron chi connectivity index (χ4n) is 2.30. The normalized spacial score (nSPS) is 14.6. The van der Waals surface area contributed by atoms with Gasteiger partial charge in [-0.25, -0.2) is 0 Å². The predicted octanol–water partition coefficient (Wildman–Crippen LogP) is 2.58. The summed E-state index contributed by atoms with van der Waals surface area (Å²) in [7, 11) is 0. The molecule has 1 heterocycles. The Morgan fingerprint density at radius 1 is 1.42 bits per heavy atom. The number of nitrogens with zero attached hydrogens (tertiary/aromatic N) is 1. The minimum Gasteiger partial charge on any atom is -0.493 e. The number of H-pyrrole nitrogens is 1. The number of rotatable bonds is 3. The molecule has 4 nitrogen and oxygen atoms in total. The van der Waals surface area contributed by atoms with Gasteiger partial charge in [0, 0.05) is 5.56 Å². The average Bonchev–Trinajstić information content (AvgIpc) is 3.23. The first-order valence-corrected chi connectivity index (χ1v) is 6.61. The van der Waals surface area contributed by atoms with Crippen LogP contribution in [0, 0.1) is 0 Å². The highest BCUT2D eigenvalue weighted by molar-refractivity contribution is 5.57. The molecule has 0 saturated heterocycles. The molecule has 0 unspecified atom stereocenters. The third kappa shape index (κ3) is 2.26. The Balaban J connectivity index is 2.06. The Morgan fingerprint density at radius 3 is 2.84 bits per heavy atom. The predicted molar refractivity (Wildman–Crippen MR) is 73.3 cm³/mol. The van der Waals surface area contributed by atoms with Crippen molar-refractivity contribution >= 4 is 0 Å². The lowest BCUT2D eigenvalue weighted by Gasteiger charge is -2.06. The topological polar surface area (TPSA) is 66.0 Å². The molecule has 1 aliphatic rings. The molecule has 1 fully saturated rings. The summed E-state index contributed by atoms with van der Waals surface area (Å²) < 4.78 is 0.